The summed E-state index contributed by atoms with van der Waals surface area (Å²) >= 11 is 0. The number of pyridine rings is 2. The van der Waals surface area contributed by atoms with Gasteiger partial charge >= 0.3 is 0 Å². The highest BCUT2D eigenvalue weighted by molar-refractivity contribution is 6.00. The first kappa shape index (κ1) is 34.4. The van der Waals surface area contributed by atoms with Crippen LogP contribution in [-0.2, 0) is 5.41 Å². The fourth-order valence-electron chi connectivity index (χ4n) is 9.97. The summed E-state index contributed by atoms with van der Waals surface area (Å²) in [5, 5.41) is 0. The van der Waals surface area contributed by atoms with Gasteiger partial charge in [0.1, 0.15) is 11.0 Å². The maximum Gasteiger partial charge on any atom is 0.227 e. The van der Waals surface area contributed by atoms with E-state index in [0.717, 1.165) is 33.5 Å². The third-order valence-corrected chi connectivity index (χ3v) is 12.5. The van der Waals surface area contributed by atoms with Gasteiger partial charge in [0, 0.05) is 41.3 Å². The molecule has 0 bridgehead atoms. The molecule has 0 atom stereocenters. The Hall–Kier alpha value is -8.42. The summed E-state index contributed by atoms with van der Waals surface area (Å²) in [6.07, 6.45) is 6.86. The molecule has 13 rings (SSSR count). The molecule has 0 fully saturated rings. The summed E-state index contributed by atoms with van der Waals surface area (Å²) in [6, 6.07) is 63.1. The number of para-hydroxylation sites is 3. The lowest BCUT2D eigenvalue weighted by Gasteiger charge is -2.45. The van der Waals surface area contributed by atoms with E-state index in [4.69, 9.17) is 18.8 Å². The Bertz CT molecular complexity index is 3360. The molecule has 62 heavy (non-hydrogen) atoms. The molecular weight excluding hydrogens is 763 g/mol. The lowest BCUT2D eigenvalue weighted by Crippen LogP contribution is -2.36. The van der Waals surface area contributed by atoms with E-state index in [2.05, 4.69) is 173 Å². The van der Waals surface area contributed by atoms with Crippen LogP contribution in [0.4, 0.5) is 17.1 Å². The lowest BCUT2D eigenvalue weighted by molar-refractivity contribution is 0.617. The molecule has 1 aliphatic carbocycles. The lowest BCUT2D eigenvalue weighted by atomic mass is 9.64. The largest absolute Gasteiger partial charge is 0.436 e. The van der Waals surface area contributed by atoms with Crippen molar-refractivity contribution in [3.63, 3.8) is 0 Å². The third kappa shape index (κ3) is 4.99. The number of rotatable bonds is 5. The standard InChI is InChI=1S/C55H33N5O2/c1-2-14-39(15-3-1)60-48-22-8-6-19-43(48)55(44-20-7-9-23-49(44)60)42-18-5-4-16-41(42)52-40(17-11-21-45(52)55)35-13-10-12-34(28-35)36-29-37(53-58-46-32-56-26-24-50(46)61-53)31-38(30-36)54-59-47-33-57-27-25-51(47)62-54/h1-33H. The van der Waals surface area contributed by atoms with E-state index in [1.165, 1.54) is 50.3 Å². The van der Waals surface area contributed by atoms with Gasteiger partial charge in [-0.1, -0.05) is 115 Å². The molecule has 0 radical (unpaired) electrons. The zero-order chi connectivity index (χ0) is 40.8. The van der Waals surface area contributed by atoms with Crippen molar-refractivity contribution in [2.45, 2.75) is 5.41 Å². The highest BCUT2D eigenvalue weighted by atomic mass is 16.4. The number of anilines is 3. The molecule has 1 aliphatic heterocycles. The van der Waals surface area contributed by atoms with Crippen LogP contribution in [-0.4, -0.2) is 19.9 Å². The van der Waals surface area contributed by atoms with E-state index in [1.807, 2.05) is 18.2 Å². The minimum absolute atomic E-state index is 0.492. The molecule has 0 amide bonds. The number of hydrogen-bond acceptors (Lipinski definition) is 7. The molecule has 2 aliphatic rings. The van der Waals surface area contributed by atoms with Crippen LogP contribution in [0.25, 0.3) is 78.5 Å². The van der Waals surface area contributed by atoms with Crippen molar-refractivity contribution in [3.05, 3.63) is 223 Å². The average molecular weight is 796 g/mol. The van der Waals surface area contributed by atoms with E-state index < -0.39 is 5.41 Å². The molecule has 7 aromatic carbocycles. The molecule has 0 N–H and O–H groups in total. The van der Waals surface area contributed by atoms with Crippen molar-refractivity contribution in [2.75, 3.05) is 4.90 Å². The first-order chi connectivity index (χ1) is 30.7. The van der Waals surface area contributed by atoms with E-state index in [-0.39, 0.29) is 0 Å². The average Bonchev–Trinajstić information content (AvgIpc) is 4.06. The van der Waals surface area contributed by atoms with Crippen molar-refractivity contribution in [1.82, 2.24) is 19.9 Å². The number of hydrogen-bond donors (Lipinski definition) is 0. The van der Waals surface area contributed by atoms with Gasteiger partial charge in [0.25, 0.3) is 0 Å². The van der Waals surface area contributed by atoms with Crippen molar-refractivity contribution in [2.24, 2.45) is 0 Å². The second-order valence-electron chi connectivity index (χ2n) is 15.8. The monoisotopic (exact) mass is 795 g/mol. The van der Waals surface area contributed by atoms with Gasteiger partial charge in [-0.3, -0.25) is 9.97 Å². The van der Waals surface area contributed by atoms with Gasteiger partial charge in [-0.25, -0.2) is 9.97 Å². The van der Waals surface area contributed by atoms with E-state index >= 15 is 0 Å². The summed E-state index contributed by atoms with van der Waals surface area (Å²) < 4.78 is 12.6. The Kier molecular flexibility index (Phi) is 7.39. The fourth-order valence-corrected chi connectivity index (χ4v) is 9.97. The van der Waals surface area contributed by atoms with Crippen LogP contribution >= 0.6 is 0 Å². The van der Waals surface area contributed by atoms with E-state index in [9.17, 15) is 0 Å². The van der Waals surface area contributed by atoms with Gasteiger partial charge < -0.3 is 13.7 Å². The maximum absolute atomic E-state index is 6.29. The second-order valence-corrected chi connectivity index (χ2v) is 15.8. The highest BCUT2D eigenvalue weighted by Gasteiger charge is 2.52. The summed E-state index contributed by atoms with van der Waals surface area (Å²) in [6.45, 7) is 0. The van der Waals surface area contributed by atoms with Gasteiger partial charge in [0.15, 0.2) is 11.2 Å². The summed E-state index contributed by atoms with van der Waals surface area (Å²) in [7, 11) is 0. The van der Waals surface area contributed by atoms with Crippen LogP contribution in [0.3, 0.4) is 0 Å². The summed E-state index contributed by atoms with van der Waals surface area (Å²) in [5.41, 5.74) is 19.1. The van der Waals surface area contributed by atoms with Crippen molar-refractivity contribution < 1.29 is 8.83 Å². The van der Waals surface area contributed by atoms with Crippen molar-refractivity contribution in [3.8, 4) is 56.3 Å². The van der Waals surface area contributed by atoms with Crippen LogP contribution in [0.5, 0.6) is 0 Å². The molecule has 11 aromatic rings. The number of aromatic nitrogens is 4. The molecule has 4 aromatic heterocycles. The number of fused-ring (bicyclic) bond motifs is 11. The minimum atomic E-state index is -0.550. The molecule has 1 spiro atoms. The molecule has 5 heterocycles. The normalized spacial score (nSPS) is 13.3. The Morgan fingerprint density at radius 2 is 0.919 bits per heavy atom. The van der Waals surface area contributed by atoms with E-state index in [1.54, 1.807) is 24.8 Å². The minimum Gasteiger partial charge on any atom is -0.436 e. The van der Waals surface area contributed by atoms with Crippen molar-refractivity contribution >= 4 is 39.3 Å². The smallest absolute Gasteiger partial charge is 0.227 e. The first-order valence-electron chi connectivity index (χ1n) is 20.7. The Morgan fingerprint density at radius 1 is 0.403 bits per heavy atom. The fraction of sp³-hybridized carbons (Fsp3) is 0.0182. The van der Waals surface area contributed by atoms with Crippen LogP contribution in [0, 0.1) is 0 Å². The van der Waals surface area contributed by atoms with Crippen molar-refractivity contribution in [1.29, 1.82) is 0 Å². The van der Waals surface area contributed by atoms with Gasteiger partial charge in [-0.05, 0) is 104 Å². The van der Waals surface area contributed by atoms with Crippen LogP contribution in [0.1, 0.15) is 22.3 Å². The topological polar surface area (TPSA) is 81.1 Å². The number of oxazole rings is 2. The highest BCUT2D eigenvalue weighted by Crippen LogP contribution is 2.64. The number of nitrogens with zero attached hydrogens (tertiary/aromatic N) is 5. The van der Waals surface area contributed by atoms with Gasteiger partial charge in [0.05, 0.1) is 29.2 Å². The molecule has 7 nitrogen and oxygen atoms in total. The van der Waals surface area contributed by atoms with Gasteiger partial charge in [0.2, 0.25) is 11.8 Å². The quantitative estimate of drug-likeness (QED) is 0.172. The molecule has 0 saturated heterocycles. The van der Waals surface area contributed by atoms with Crippen LogP contribution in [0.15, 0.2) is 210 Å². The zero-order valence-corrected chi connectivity index (χ0v) is 33.1. The summed E-state index contributed by atoms with van der Waals surface area (Å²) in [4.78, 5) is 20.6. The van der Waals surface area contributed by atoms with Gasteiger partial charge in [-0.2, -0.15) is 0 Å². The molecule has 0 unspecified atom stereocenters. The van der Waals surface area contributed by atoms with Crippen LogP contribution in [0.2, 0.25) is 0 Å². The van der Waals surface area contributed by atoms with Crippen LogP contribution < -0.4 is 4.90 Å². The SMILES string of the molecule is c1ccc(N2c3ccccc3C3(c4ccccc4-c4c(-c5cccc(-c6cc(-c7nc8cnccc8o7)cc(-c7nc8cnccc8o7)c6)c5)cccc43)c3ccccc32)cc1. The molecular formula is C55H33N5O2. The molecule has 290 valence electrons. The Labute approximate surface area is 356 Å². The van der Waals surface area contributed by atoms with E-state index in [0.29, 0.717) is 34.0 Å². The summed E-state index contributed by atoms with van der Waals surface area (Å²) in [5.74, 6) is 0.985. The Morgan fingerprint density at radius 3 is 1.58 bits per heavy atom. The first-order valence-corrected chi connectivity index (χ1v) is 20.7. The second kappa shape index (κ2) is 13.3. The Balaban J connectivity index is 1.01. The third-order valence-electron chi connectivity index (χ3n) is 12.5. The predicted molar refractivity (Wildman–Crippen MR) is 244 cm³/mol. The predicted octanol–water partition coefficient (Wildman–Crippen LogP) is 13.6. The van der Waals surface area contributed by atoms with Gasteiger partial charge in [-0.15, -0.1) is 0 Å². The molecule has 0 saturated carbocycles. The zero-order valence-electron chi connectivity index (χ0n) is 33.1. The number of benzene rings is 7. The maximum atomic E-state index is 6.29. The molecule has 7 heteroatoms.